The van der Waals surface area contributed by atoms with Gasteiger partial charge in [0.2, 0.25) is 0 Å². The molecule has 0 aliphatic carbocycles. The summed E-state index contributed by atoms with van der Waals surface area (Å²) < 4.78 is 6.47. The number of hydrogen-bond acceptors (Lipinski definition) is 3. The summed E-state index contributed by atoms with van der Waals surface area (Å²) in [6.45, 7) is 6.65. The van der Waals surface area contributed by atoms with Crippen molar-refractivity contribution < 1.29 is 4.74 Å². The van der Waals surface area contributed by atoms with Gasteiger partial charge in [-0.1, -0.05) is 36.2 Å². The number of rotatable bonds is 5. The third kappa shape index (κ3) is 3.67. The molecule has 0 spiro atoms. The molecule has 20 heavy (non-hydrogen) atoms. The molecule has 0 radical (unpaired) electrons. The largest absolute Gasteiger partial charge is 0.497 e. The monoisotopic (exact) mass is 340 g/mol. The van der Waals surface area contributed by atoms with E-state index >= 15 is 0 Å². The van der Waals surface area contributed by atoms with Crippen LogP contribution in [0.5, 0.6) is 5.75 Å². The van der Waals surface area contributed by atoms with Gasteiger partial charge < -0.3 is 15.0 Å². The van der Waals surface area contributed by atoms with Gasteiger partial charge in [0, 0.05) is 41.4 Å². The van der Waals surface area contributed by atoms with E-state index < -0.39 is 0 Å². The molecule has 1 fully saturated rings. The van der Waals surface area contributed by atoms with Crippen LogP contribution >= 0.6 is 15.9 Å². The van der Waals surface area contributed by atoms with Crippen molar-refractivity contribution in [1.82, 2.24) is 5.32 Å². The molecule has 3 nitrogen and oxygen atoms in total. The van der Waals surface area contributed by atoms with E-state index in [4.69, 9.17) is 4.74 Å². The molecule has 1 aromatic rings. The molecule has 0 saturated carbocycles. The number of nitrogens with one attached hydrogen (secondary N) is 1. The van der Waals surface area contributed by atoms with E-state index in [0.29, 0.717) is 12.1 Å². The summed E-state index contributed by atoms with van der Waals surface area (Å²) in [6, 6.07) is 7.49. The number of halogens is 1. The summed E-state index contributed by atoms with van der Waals surface area (Å²) in [4.78, 5) is 2.53. The van der Waals surface area contributed by atoms with E-state index in [1.165, 1.54) is 18.5 Å². The highest BCUT2D eigenvalue weighted by molar-refractivity contribution is 9.10. The van der Waals surface area contributed by atoms with Gasteiger partial charge in [0.05, 0.1) is 7.11 Å². The van der Waals surface area contributed by atoms with Crippen molar-refractivity contribution in [2.24, 2.45) is 0 Å². The molecule has 1 saturated heterocycles. The van der Waals surface area contributed by atoms with Gasteiger partial charge in [0.15, 0.2) is 0 Å². The average molecular weight is 341 g/mol. The summed E-state index contributed by atoms with van der Waals surface area (Å²) in [5, 5.41) is 3.68. The second kappa shape index (κ2) is 7.32. The Bertz CT molecular complexity index is 438. The SMILES string of the molecule is CCCC1CN(c2cc(Br)cc(OC)c2)C(CC)CN1. The van der Waals surface area contributed by atoms with Crippen molar-refractivity contribution >= 4 is 21.6 Å². The zero-order valence-electron chi connectivity index (χ0n) is 12.7. The first-order chi connectivity index (χ1) is 9.67. The highest BCUT2D eigenvalue weighted by Gasteiger charge is 2.26. The third-order valence-electron chi connectivity index (χ3n) is 4.03. The molecule has 0 amide bonds. The lowest BCUT2D eigenvalue weighted by Gasteiger charge is -2.42. The lowest BCUT2D eigenvalue weighted by atomic mass is 10.0. The molecular weight excluding hydrogens is 316 g/mol. The molecule has 0 aromatic heterocycles. The average Bonchev–Trinajstić information content (AvgIpc) is 2.46. The van der Waals surface area contributed by atoms with Crippen molar-refractivity contribution in [3.8, 4) is 5.75 Å². The molecule has 4 heteroatoms. The van der Waals surface area contributed by atoms with Gasteiger partial charge in [0.25, 0.3) is 0 Å². The topological polar surface area (TPSA) is 24.5 Å². The van der Waals surface area contributed by atoms with Crippen molar-refractivity contribution in [1.29, 1.82) is 0 Å². The highest BCUT2D eigenvalue weighted by Crippen LogP contribution is 2.30. The Hall–Kier alpha value is -0.740. The first kappa shape index (κ1) is 15.6. The minimum Gasteiger partial charge on any atom is -0.497 e. The minimum absolute atomic E-state index is 0.558. The molecule has 0 bridgehead atoms. The Morgan fingerprint density at radius 3 is 2.80 bits per heavy atom. The van der Waals surface area contributed by atoms with Crippen LogP contribution in [0, 0.1) is 0 Å². The zero-order valence-corrected chi connectivity index (χ0v) is 14.2. The standard InChI is InChI=1S/C16H25BrN2O/c1-4-6-13-11-19(14(5-2)10-18-13)15-7-12(17)8-16(9-15)20-3/h7-9,13-14,18H,4-6,10-11H2,1-3H3. The normalized spacial score (nSPS) is 22.9. The predicted molar refractivity (Wildman–Crippen MR) is 88.8 cm³/mol. The summed E-state index contributed by atoms with van der Waals surface area (Å²) in [5.41, 5.74) is 1.26. The van der Waals surface area contributed by atoms with Crippen LogP contribution in [-0.4, -0.2) is 32.3 Å². The Labute approximate surface area is 130 Å². The summed E-state index contributed by atoms with van der Waals surface area (Å²) in [7, 11) is 1.72. The molecule has 112 valence electrons. The van der Waals surface area contributed by atoms with Gasteiger partial charge in [0.1, 0.15) is 5.75 Å². The second-order valence-corrected chi connectivity index (χ2v) is 6.37. The zero-order chi connectivity index (χ0) is 14.5. The highest BCUT2D eigenvalue weighted by atomic mass is 79.9. The predicted octanol–water partition coefficient (Wildman–Crippen LogP) is 3.81. The van der Waals surface area contributed by atoms with E-state index in [9.17, 15) is 0 Å². The van der Waals surface area contributed by atoms with E-state index in [1.807, 2.05) is 6.07 Å². The smallest absolute Gasteiger partial charge is 0.122 e. The quantitative estimate of drug-likeness (QED) is 0.881. The molecule has 1 aromatic carbocycles. The number of benzene rings is 1. The van der Waals surface area contributed by atoms with Gasteiger partial charge in [-0.25, -0.2) is 0 Å². The Morgan fingerprint density at radius 1 is 1.35 bits per heavy atom. The van der Waals surface area contributed by atoms with Gasteiger partial charge in [-0.2, -0.15) is 0 Å². The maximum Gasteiger partial charge on any atom is 0.122 e. The molecular formula is C16H25BrN2O. The van der Waals surface area contributed by atoms with Gasteiger partial charge in [-0.15, -0.1) is 0 Å². The minimum atomic E-state index is 0.558. The van der Waals surface area contributed by atoms with Crippen molar-refractivity contribution in [2.75, 3.05) is 25.1 Å². The van der Waals surface area contributed by atoms with E-state index in [-0.39, 0.29) is 0 Å². The first-order valence-electron chi connectivity index (χ1n) is 7.52. The fourth-order valence-electron chi connectivity index (χ4n) is 2.92. The molecule has 1 heterocycles. The molecule has 2 atom stereocenters. The third-order valence-corrected chi connectivity index (χ3v) is 4.49. The van der Waals surface area contributed by atoms with Crippen LogP contribution in [-0.2, 0) is 0 Å². The van der Waals surface area contributed by atoms with Crippen LogP contribution in [0.4, 0.5) is 5.69 Å². The molecule has 1 aliphatic rings. The summed E-state index contributed by atoms with van der Waals surface area (Å²) >= 11 is 3.59. The Morgan fingerprint density at radius 2 is 2.15 bits per heavy atom. The van der Waals surface area contributed by atoms with E-state index in [1.54, 1.807) is 7.11 Å². The molecule has 2 unspecified atom stereocenters. The van der Waals surface area contributed by atoms with Crippen LogP contribution in [0.15, 0.2) is 22.7 Å². The van der Waals surface area contributed by atoms with Crippen LogP contribution in [0.1, 0.15) is 33.1 Å². The lowest BCUT2D eigenvalue weighted by molar-refractivity contribution is 0.368. The Kier molecular flexibility index (Phi) is 5.73. The first-order valence-corrected chi connectivity index (χ1v) is 8.31. The number of hydrogen-bond donors (Lipinski definition) is 1. The van der Waals surface area contributed by atoms with Gasteiger partial charge in [-0.05, 0) is 25.0 Å². The van der Waals surface area contributed by atoms with Crippen molar-refractivity contribution in [3.05, 3.63) is 22.7 Å². The summed E-state index contributed by atoms with van der Waals surface area (Å²) in [5.74, 6) is 0.912. The fraction of sp³-hybridized carbons (Fsp3) is 0.625. The number of nitrogens with zero attached hydrogens (tertiary/aromatic N) is 1. The van der Waals surface area contributed by atoms with Crippen LogP contribution in [0.2, 0.25) is 0 Å². The Balaban J connectivity index is 2.23. The molecule has 2 rings (SSSR count). The number of ether oxygens (including phenoxy) is 1. The maximum atomic E-state index is 5.40. The van der Waals surface area contributed by atoms with Gasteiger partial charge >= 0.3 is 0 Å². The lowest BCUT2D eigenvalue weighted by Crippen LogP contribution is -2.56. The van der Waals surface area contributed by atoms with E-state index in [2.05, 4.69) is 52.1 Å². The van der Waals surface area contributed by atoms with E-state index in [0.717, 1.165) is 29.7 Å². The number of piperazine rings is 1. The van der Waals surface area contributed by atoms with Crippen LogP contribution < -0.4 is 15.0 Å². The maximum absolute atomic E-state index is 5.40. The summed E-state index contributed by atoms with van der Waals surface area (Å²) in [6.07, 6.45) is 3.61. The van der Waals surface area contributed by atoms with Crippen LogP contribution in [0.3, 0.4) is 0 Å². The van der Waals surface area contributed by atoms with Gasteiger partial charge in [-0.3, -0.25) is 0 Å². The van der Waals surface area contributed by atoms with Crippen molar-refractivity contribution in [3.63, 3.8) is 0 Å². The fourth-order valence-corrected chi connectivity index (χ4v) is 3.38. The molecule has 1 N–H and O–H groups in total. The molecule has 1 aliphatic heterocycles. The number of methoxy groups -OCH3 is 1. The van der Waals surface area contributed by atoms with Crippen LogP contribution in [0.25, 0.3) is 0 Å². The number of anilines is 1. The second-order valence-electron chi connectivity index (χ2n) is 5.46. The van der Waals surface area contributed by atoms with Crippen molar-refractivity contribution in [2.45, 2.75) is 45.2 Å².